The molecule has 1 aromatic rings. The number of thioether (sulfide) groups is 1. The van der Waals surface area contributed by atoms with Crippen LogP contribution in [0.2, 0.25) is 0 Å². The Kier molecular flexibility index (Phi) is 4.73. The Bertz CT molecular complexity index is 395. The molecule has 1 aromatic heterocycles. The molecule has 18 heavy (non-hydrogen) atoms. The van der Waals surface area contributed by atoms with Crippen LogP contribution in [-0.2, 0) is 11.3 Å². The Morgan fingerprint density at radius 3 is 2.83 bits per heavy atom. The minimum absolute atomic E-state index is 0.385. The van der Waals surface area contributed by atoms with Crippen molar-refractivity contribution in [2.75, 3.05) is 12.4 Å². The van der Waals surface area contributed by atoms with Crippen LogP contribution in [0.1, 0.15) is 38.1 Å². The first-order chi connectivity index (χ1) is 8.58. The van der Waals surface area contributed by atoms with Gasteiger partial charge in [0.1, 0.15) is 0 Å². The first-order valence-corrected chi connectivity index (χ1v) is 7.84. The van der Waals surface area contributed by atoms with Crippen LogP contribution in [0.3, 0.4) is 0 Å². The molecule has 2 heterocycles. The molecule has 1 aliphatic rings. The number of hydrogen-bond acceptors (Lipinski definition) is 3. The Morgan fingerprint density at radius 1 is 1.44 bits per heavy atom. The molecule has 0 aromatic carbocycles. The average molecular weight is 268 g/mol. The second kappa shape index (κ2) is 6.11. The standard InChI is InChI=1S/C14H24N2OS/c1-10(2)9-18-14-15-11(3)12(4)16(14)8-13-6-5-7-17-13/h10,13H,5-9H2,1-4H3/t13-/m0/s1. The van der Waals surface area contributed by atoms with Crippen molar-refractivity contribution in [2.45, 2.75) is 58.3 Å². The minimum Gasteiger partial charge on any atom is -0.376 e. The molecule has 0 aliphatic carbocycles. The van der Waals surface area contributed by atoms with Gasteiger partial charge in [0.25, 0.3) is 0 Å². The molecule has 1 aliphatic heterocycles. The largest absolute Gasteiger partial charge is 0.376 e. The van der Waals surface area contributed by atoms with Gasteiger partial charge in [-0.3, -0.25) is 0 Å². The van der Waals surface area contributed by atoms with Crippen LogP contribution >= 0.6 is 11.8 Å². The van der Waals surface area contributed by atoms with Crippen LogP contribution in [0.5, 0.6) is 0 Å². The summed E-state index contributed by atoms with van der Waals surface area (Å²) in [6, 6.07) is 0. The molecule has 1 saturated heterocycles. The molecule has 102 valence electrons. The first kappa shape index (κ1) is 13.9. The average Bonchev–Trinajstić information content (AvgIpc) is 2.91. The molecule has 0 spiro atoms. The van der Waals surface area contributed by atoms with E-state index >= 15 is 0 Å². The third kappa shape index (κ3) is 3.29. The summed E-state index contributed by atoms with van der Waals surface area (Å²) in [7, 11) is 0. The molecule has 0 bridgehead atoms. The van der Waals surface area contributed by atoms with Crippen molar-refractivity contribution >= 4 is 11.8 Å². The lowest BCUT2D eigenvalue weighted by molar-refractivity contribution is 0.0945. The van der Waals surface area contributed by atoms with Crippen molar-refractivity contribution in [1.29, 1.82) is 0 Å². The molecule has 0 unspecified atom stereocenters. The maximum Gasteiger partial charge on any atom is 0.168 e. The van der Waals surface area contributed by atoms with Crippen LogP contribution in [-0.4, -0.2) is 28.0 Å². The van der Waals surface area contributed by atoms with Gasteiger partial charge in [0.05, 0.1) is 18.3 Å². The fourth-order valence-corrected chi connectivity index (χ4v) is 3.23. The zero-order valence-electron chi connectivity index (χ0n) is 11.9. The van der Waals surface area contributed by atoms with Crippen LogP contribution in [0.25, 0.3) is 0 Å². The highest BCUT2D eigenvalue weighted by atomic mass is 32.2. The van der Waals surface area contributed by atoms with Crippen molar-refractivity contribution in [1.82, 2.24) is 9.55 Å². The summed E-state index contributed by atoms with van der Waals surface area (Å²) in [5.74, 6) is 1.82. The molecule has 0 amide bonds. The van der Waals surface area contributed by atoms with Gasteiger partial charge < -0.3 is 9.30 Å². The smallest absolute Gasteiger partial charge is 0.168 e. The highest BCUT2D eigenvalue weighted by Gasteiger charge is 2.20. The zero-order valence-corrected chi connectivity index (χ0v) is 12.7. The molecule has 0 N–H and O–H groups in total. The molecule has 1 atom stereocenters. The zero-order chi connectivity index (χ0) is 13.1. The number of nitrogens with zero attached hydrogens (tertiary/aromatic N) is 2. The summed E-state index contributed by atoms with van der Waals surface area (Å²) in [4.78, 5) is 4.69. The summed E-state index contributed by atoms with van der Waals surface area (Å²) < 4.78 is 8.09. The number of imidazole rings is 1. The molecule has 0 radical (unpaired) electrons. The van der Waals surface area contributed by atoms with Crippen molar-refractivity contribution in [3.63, 3.8) is 0 Å². The van der Waals surface area contributed by atoms with Crippen molar-refractivity contribution < 1.29 is 4.74 Å². The van der Waals surface area contributed by atoms with Crippen molar-refractivity contribution in [3.8, 4) is 0 Å². The predicted molar refractivity (Wildman–Crippen MR) is 76.2 cm³/mol. The van der Waals surface area contributed by atoms with Gasteiger partial charge in [0.2, 0.25) is 0 Å². The Morgan fingerprint density at radius 2 is 2.22 bits per heavy atom. The summed E-state index contributed by atoms with van der Waals surface area (Å²) in [5.41, 5.74) is 2.44. The van der Waals surface area contributed by atoms with Crippen LogP contribution in [0.4, 0.5) is 0 Å². The summed E-state index contributed by atoms with van der Waals surface area (Å²) in [6.07, 6.45) is 2.77. The van der Waals surface area contributed by atoms with Crippen molar-refractivity contribution in [3.05, 3.63) is 11.4 Å². The monoisotopic (exact) mass is 268 g/mol. The van der Waals surface area contributed by atoms with Gasteiger partial charge in [-0.15, -0.1) is 0 Å². The van der Waals surface area contributed by atoms with E-state index in [0.717, 1.165) is 29.8 Å². The van der Waals surface area contributed by atoms with Gasteiger partial charge in [-0.05, 0) is 32.6 Å². The number of aromatic nitrogens is 2. The molecule has 1 fully saturated rings. The molecular weight excluding hydrogens is 244 g/mol. The second-order valence-electron chi connectivity index (χ2n) is 5.52. The van der Waals surface area contributed by atoms with Gasteiger partial charge in [-0.1, -0.05) is 25.6 Å². The quantitative estimate of drug-likeness (QED) is 0.766. The van der Waals surface area contributed by atoms with E-state index in [-0.39, 0.29) is 0 Å². The lowest BCUT2D eigenvalue weighted by Gasteiger charge is -2.15. The van der Waals surface area contributed by atoms with E-state index in [1.165, 1.54) is 18.5 Å². The number of ether oxygens (including phenoxy) is 1. The third-order valence-corrected chi connectivity index (χ3v) is 4.78. The van der Waals surface area contributed by atoms with E-state index in [1.807, 2.05) is 11.8 Å². The Balaban J connectivity index is 2.10. The third-order valence-electron chi connectivity index (χ3n) is 3.38. The molecule has 4 heteroatoms. The maximum absolute atomic E-state index is 5.74. The maximum atomic E-state index is 5.74. The first-order valence-electron chi connectivity index (χ1n) is 6.86. The summed E-state index contributed by atoms with van der Waals surface area (Å²) >= 11 is 1.87. The van der Waals surface area contributed by atoms with E-state index in [0.29, 0.717) is 12.0 Å². The second-order valence-corrected chi connectivity index (χ2v) is 6.50. The molecule has 0 saturated carbocycles. The topological polar surface area (TPSA) is 27.1 Å². The predicted octanol–water partition coefficient (Wildman–Crippen LogP) is 3.43. The minimum atomic E-state index is 0.385. The number of hydrogen-bond donors (Lipinski definition) is 0. The van der Waals surface area contributed by atoms with Gasteiger partial charge >= 0.3 is 0 Å². The van der Waals surface area contributed by atoms with E-state index < -0.39 is 0 Å². The highest BCUT2D eigenvalue weighted by Crippen LogP contribution is 2.25. The van der Waals surface area contributed by atoms with Gasteiger partial charge in [0, 0.05) is 18.1 Å². The normalized spacial score (nSPS) is 19.9. The van der Waals surface area contributed by atoms with Crippen LogP contribution < -0.4 is 0 Å². The highest BCUT2D eigenvalue weighted by molar-refractivity contribution is 7.99. The van der Waals surface area contributed by atoms with Crippen LogP contribution in [0.15, 0.2) is 5.16 Å². The van der Waals surface area contributed by atoms with Crippen LogP contribution in [0, 0.1) is 19.8 Å². The van der Waals surface area contributed by atoms with E-state index in [4.69, 9.17) is 9.72 Å². The fourth-order valence-electron chi connectivity index (χ4n) is 2.18. The Labute approximate surface area is 114 Å². The van der Waals surface area contributed by atoms with Gasteiger partial charge in [-0.25, -0.2) is 4.98 Å². The molecule has 2 rings (SSSR count). The lowest BCUT2D eigenvalue weighted by atomic mass is 10.2. The van der Waals surface area contributed by atoms with Crippen molar-refractivity contribution in [2.24, 2.45) is 5.92 Å². The fraction of sp³-hybridized carbons (Fsp3) is 0.786. The lowest BCUT2D eigenvalue weighted by Crippen LogP contribution is -2.17. The van der Waals surface area contributed by atoms with Gasteiger partial charge in [0.15, 0.2) is 5.16 Å². The van der Waals surface area contributed by atoms with E-state index in [2.05, 4.69) is 32.3 Å². The molecule has 3 nitrogen and oxygen atoms in total. The van der Waals surface area contributed by atoms with E-state index in [1.54, 1.807) is 0 Å². The molecular formula is C14H24N2OS. The van der Waals surface area contributed by atoms with E-state index in [9.17, 15) is 0 Å². The number of aryl methyl sites for hydroxylation is 1. The Hall–Kier alpha value is -0.480. The SMILES string of the molecule is Cc1nc(SCC(C)C)n(C[C@@H]2CCCO2)c1C. The summed E-state index contributed by atoms with van der Waals surface area (Å²) in [5, 5.41) is 1.16. The summed E-state index contributed by atoms with van der Waals surface area (Å²) in [6.45, 7) is 10.6. The van der Waals surface area contributed by atoms with Gasteiger partial charge in [-0.2, -0.15) is 0 Å². The number of rotatable bonds is 5.